The molecule has 0 spiro atoms. The molecule has 4 aromatic rings. The Hall–Kier alpha value is -4.55. The van der Waals surface area contributed by atoms with Crippen LogP contribution in [0.1, 0.15) is 11.1 Å². The number of benzene rings is 4. The maximum Gasteiger partial charge on any atom is 0.264 e. The Kier molecular flexibility index (Phi) is 9.08. The zero-order valence-electron chi connectivity index (χ0n) is 23.5. The highest BCUT2D eigenvalue weighted by Crippen LogP contribution is 2.31. The number of methoxy groups -OCH3 is 2. The van der Waals surface area contributed by atoms with Crippen LogP contribution in [0, 0.1) is 13.8 Å². The fourth-order valence-electron chi connectivity index (χ4n) is 4.17. The van der Waals surface area contributed by atoms with E-state index in [1.54, 1.807) is 49.4 Å². The molecule has 220 valence electrons. The number of hydrogen-bond donors (Lipinski definition) is 2. The number of hydrogen-bond acceptors (Lipinski definition) is 7. The van der Waals surface area contributed by atoms with Crippen LogP contribution in [0.3, 0.4) is 0 Å². The fraction of sp³-hybridized carbons (Fsp3) is 0.167. The number of aryl methyl sites for hydroxylation is 1. The first-order valence-corrected chi connectivity index (χ1v) is 15.7. The lowest BCUT2D eigenvalue weighted by Gasteiger charge is -2.26. The van der Waals surface area contributed by atoms with Crippen LogP contribution in [0.5, 0.6) is 11.5 Å². The summed E-state index contributed by atoms with van der Waals surface area (Å²) in [5, 5.41) is 2.66. The summed E-state index contributed by atoms with van der Waals surface area (Å²) in [6.07, 6.45) is 0. The van der Waals surface area contributed by atoms with Crippen molar-refractivity contribution < 1.29 is 31.1 Å². The van der Waals surface area contributed by atoms with Crippen LogP contribution < -0.4 is 23.8 Å². The maximum atomic E-state index is 13.6. The number of rotatable bonds is 11. The van der Waals surface area contributed by atoms with Crippen molar-refractivity contribution in [1.29, 1.82) is 0 Å². The number of sulfonamides is 2. The molecule has 0 saturated carbocycles. The van der Waals surface area contributed by atoms with E-state index < -0.39 is 32.5 Å². The maximum absolute atomic E-state index is 13.6. The summed E-state index contributed by atoms with van der Waals surface area (Å²) in [4.78, 5) is 13.1. The number of carbonyl (C=O) groups excluding carboxylic acids is 1. The van der Waals surface area contributed by atoms with Gasteiger partial charge in [0.15, 0.2) is 0 Å². The lowest BCUT2D eigenvalue weighted by atomic mass is 10.1. The van der Waals surface area contributed by atoms with Crippen LogP contribution in [0.2, 0.25) is 0 Å². The molecule has 12 heteroatoms. The second-order valence-electron chi connectivity index (χ2n) is 9.29. The quantitative estimate of drug-likeness (QED) is 0.246. The summed E-state index contributed by atoms with van der Waals surface area (Å²) >= 11 is 0. The third kappa shape index (κ3) is 6.67. The van der Waals surface area contributed by atoms with Crippen molar-refractivity contribution in [3.05, 3.63) is 102 Å². The number of carbonyl (C=O) groups is 1. The van der Waals surface area contributed by atoms with Gasteiger partial charge in [-0.25, -0.2) is 16.8 Å². The SMILES string of the molecule is COc1ccc(OC)c(NS(=O)(=O)c2ccc(NC(=O)CN(c3cccc(C)c3C)S(=O)(=O)c3ccccc3)cc2)c1. The smallest absolute Gasteiger partial charge is 0.264 e. The monoisotopic (exact) mass is 609 g/mol. The van der Waals surface area contributed by atoms with E-state index >= 15 is 0 Å². The van der Waals surface area contributed by atoms with E-state index in [0.29, 0.717) is 17.2 Å². The standard InChI is InChI=1S/C30H31N3O7S2/c1-21-9-8-12-28(22(21)2)33(42(37,38)26-10-6-5-7-11-26)20-30(34)31-23-13-16-25(17-14-23)41(35,36)32-27-19-24(39-3)15-18-29(27)40-4/h5-19,32H,20H2,1-4H3,(H,31,34). The predicted octanol–water partition coefficient (Wildman–Crippen LogP) is 4.96. The largest absolute Gasteiger partial charge is 0.497 e. The number of amides is 1. The Morgan fingerprint density at radius 2 is 1.48 bits per heavy atom. The molecule has 10 nitrogen and oxygen atoms in total. The molecule has 0 aliphatic heterocycles. The summed E-state index contributed by atoms with van der Waals surface area (Å²) in [5.74, 6) is 0.142. The first kappa shape index (κ1) is 30.4. The second kappa shape index (κ2) is 12.5. The van der Waals surface area contributed by atoms with Gasteiger partial charge in [-0.2, -0.15) is 0 Å². The molecule has 0 heterocycles. The van der Waals surface area contributed by atoms with Gasteiger partial charge in [0.25, 0.3) is 20.0 Å². The van der Waals surface area contributed by atoms with Gasteiger partial charge in [-0.05, 0) is 79.6 Å². The van der Waals surface area contributed by atoms with Gasteiger partial charge < -0.3 is 14.8 Å². The molecule has 2 N–H and O–H groups in total. The Labute approximate surface area is 246 Å². The molecule has 0 radical (unpaired) electrons. The molecule has 0 fully saturated rings. The van der Waals surface area contributed by atoms with Crippen molar-refractivity contribution in [1.82, 2.24) is 0 Å². The lowest BCUT2D eigenvalue weighted by Crippen LogP contribution is -2.38. The highest BCUT2D eigenvalue weighted by molar-refractivity contribution is 7.93. The van der Waals surface area contributed by atoms with E-state index in [9.17, 15) is 21.6 Å². The van der Waals surface area contributed by atoms with E-state index in [4.69, 9.17) is 9.47 Å². The normalized spacial score (nSPS) is 11.4. The Morgan fingerprint density at radius 1 is 0.786 bits per heavy atom. The molecule has 4 aromatic carbocycles. The summed E-state index contributed by atoms with van der Waals surface area (Å²) in [7, 11) is -5.21. The second-order valence-corrected chi connectivity index (χ2v) is 12.8. The molecule has 0 aromatic heterocycles. The van der Waals surface area contributed by atoms with E-state index in [-0.39, 0.29) is 21.2 Å². The predicted molar refractivity (Wildman–Crippen MR) is 162 cm³/mol. The van der Waals surface area contributed by atoms with Gasteiger partial charge >= 0.3 is 0 Å². The van der Waals surface area contributed by atoms with Crippen LogP contribution >= 0.6 is 0 Å². The van der Waals surface area contributed by atoms with Crippen LogP contribution in [0.25, 0.3) is 0 Å². The number of anilines is 3. The lowest BCUT2D eigenvalue weighted by molar-refractivity contribution is -0.114. The van der Waals surface area contributed by atoms with E-state index in [2.05, 4.69) is 10.0 Å². The minimum atomic E-state index is -4.08. The minimum absolute atomic E-state index is 0.0495. The zero-order chi connectivity index (χ0) is 30.5. The van der Waals surface area contributed by atoms with Gasteiger partial charge in [-0.1, -0.05) is 30.3 Å². The average molecular weight is 610 g/mol. The Bertz CT molecular complexity index is 1790. The number of ether oxygens (including phenoxy) is 2. The van der Waals surface area contributed by atoms with Crippen molar-refractivity contribution in [3.8, 4) is 11.5 Å². The van der Waals surface area contributed by atoms with Crippen molar-refractivity contribution in [2.45, 2.75) is 23.6 Å². The number of nitrogens with zero attached hydrogens (tertiary/aromatic N) is 1. The van der Waals surface area contributed by atoms with Crippen molar-refractivity contribution in [3.63, 3.8) is 0 Å². The van der Waals surface area contributed by atoms with Gasteiger partial charge in [0.2, 0.25) is 5.91 Å². The summed E-state index contributed by atoms with van der Waals surface area (Å²) in [6.45, 7) is 3.16. The fourth-order valence-corrected chi connectivity index (χ4v) is 6.73. The van der Waals surface area contributed by atoms with Crippen molar-refractivity contribution in [2.75, 3.05) is 35.1 Å². The van der Waals surface area contributed by atoms with E-state index in [1.165, 1.54) is 56.7 Å². The molecule has 0 atom stereocenters. The molecule has 0 saturated heterocycles. The van der Waals surface area contributed by atoms with Gasteiger partial charge in [-0.3, -0.25) is 13.8 Å². The van der Waals surface area contributed by atoms with E-state index in [1.807, 2.05) is 13.0 Å². The molecule has 0 bridgehead atoms. The first-order chi connectivity index (χ1) is 20.0. The molecule has 42 heavy (non-hydrogen) atoms. The highest BCUT2D eigenvalue weighted by Gasteiger charge is 2.28. The molecular formula is C30H31N3O7S2. The van der Waals surface area contributed by atoms with Crippen LogP contribution in [-0.2, 0) is 24.8 Å². The molecule has 0 aliphatic carbocycles. The molecule has 1 amide bonds. The first-order valence-electron chi connectivity index (χ1n) is 12.7. The minimum Gasteiger partial charge on any atom is -0.497 e. The van der Waals surface area contributed by atoms with Gasteiger partial charge in [-0.15, -0.1) is 0 Å². The summed E-state index contributed by atoms with van der Waals surface area (Å²) < 4.78 is 67.3. The molecule has 0 aliphatic rings. The highest BCUT2D eigenvalue weighted by atomic mass is 32.2. The zero-order valence-corrected chi connectivity index (χ0v) is 25.1. The molecule has 4 rings (SSSR count). The summed E-state index contributed by atoms with van der Waals surface area (Å²) in [6, 6.07) is 23.3. The van der Waals surface area contributed by atoms with Gasteiger partial charge in [0.05, 0.1) is 35.4 Å². The summed E-state index contributed by atoms with van der Waals surface area (Å²) in [5.41, 5.74) is 2.46. The van der Waals surface area contributed by atoms with Gasteiger partial charge in [0, 0.05) is 11.8 Å². The Morgan fingerprint density at radius 3 is 2.12 bits per heavy atom. The topological polar surface area (TPSA) is 131 Å². The third-order valence-electron chi connectivity index (χ3n) is 6.56. The van der Waals surface area contributed by atoms with Crippen LogP contribution in [0.4, 0.5) is 17.1 Å². The third-order valence-corrected chi connectivity index (χ3v) is 9.72. The van der Waals surface area contributed by atoms with E-state index in [0.717, 1.165) is 15.4 Å². The van der Waals surface area contributed by atoms with Crippen molar-refractivity contribution in [2.24, 2.45) is 0 Å². The van der Waals surface area contributed by atoms with Gasteiger partial charge in [0.1, 0.15) is 18.0 Å². The molecular weight excluding hydrogens is 578 g/mol. The Balaban J connectivity index is 1.55. The molecule has 0 unspecified atom stereocenters. The average Bonchev–Trinajstić information content (AvgIpc) is 2.98. The van der Waals surface area contributed by atoms with Crippen molar-refractivity contribution >= 4 is 43.0 Å². The number of nitrogens with one attached hydrogen (secondary N) is 2. The van der Waals surface area contributed by atoms with Crippen LogP contribution in [0.15, 0.2) is 101 Å². The van der Waals surface area contributed by atoms with Crippen LogP contribution in [-0.4, -0.2) is 43.5 Å².